The third kappa shape index (κ3) is 4.85. The minimum absolute atomic E-state index is 0.0231. The number of nitrogens with zero attached hydrogens (tertiary/aromatic N) is 3. The van der Waals surface area contributed by atoms with Gasteiger partial charge in [0.1, 0.15) is 11.9 Å². The van der Waals surface area contributed by atoms with E-state index in [2.05, 4.69) is 0 Å². The Kier molecular flexibility index (Phi) is 6.87. The van der Waals surface area contributed by atoms with Crippen molar-refractivity contribution in [3.8, 4) is 28.3 Å². The molecule has 3 heterocycles. The van der Waals surface area contributed by atoms with Crippen molar-refractivity contribution in [3.63, 3.8) is 0 Å². The summed E-state index contributed by atoms with van der Waals surface area (Å²) in [7, 11) is 0. The second-order valence-corrected chi connectivity index (χ2v) is 12.1. The van der Waals surface area contributed by atoms with Crippen LogP contribution in [0.25, 0.3) is 33.2 Å². The lowest BCUT2D eigenvalue weighted by atomic mass is 9.90. The zero-order chi connectivity index (χ0) is 29.9. The first-order chi connectivity index (χ1) is 19.9. The van der Waals surface area contributed by atoms with E-state index >= 15 is 8.78 Å². The summed E-state index contributed by atoms with van der Waals surface area (Å²) in [5, 5.41) is 19.9. The second kappa shape index (κ2) is 10.3. The molecule has 216 valence electrons. The third-order valence-corrected chi connectivity index (χ3v) is 8.45. The van der Waals surface area contributed by atoms with Crippen LogP contribution in [0.5, 0.6) is 0 Å². The van der Waals surface area contributed by atoms with Crippen molar-refractivity contribution in [2.75, 3.05) is 0 Å². The molecule has 9 heteroatoms. The van der Waals surface area contributed by atoms with Crippen LogP contribution in [-0.4, -0.2) is 44.2 Å². The number of aliphatic hydroxyl groups is 1. The fourth-order valence-corrected chi connectivity index (χ4v) is 6.67. The average Bonchev–Trinajstić information content (AvgIpc) is 3.46. The summed E-state index contributed by atoms with van der Waals surface area (Å²) in [6, 6.07) is 13.9. The minimum atomic E-state index is -1.15. The van der Waals surface area contributed by atoms with Gasteiger partial charge in [-0.3, -0.25) is 4.79 Å². The maximum atomic E-state index is 15.8. The molecule has 6 rings (SSSR count). The molecule has 0 radical (unpaired) electrons. The van der Waals surface area contributed by atoms with Gasteiger partial charge < -0.3 is 20.3 Å². The molecule has 3 aromatic carbocycles. The number of aromatic nitrogens is 1. The number of piperidine rings is 1. The second-order valence-electron chi connectivity index (χ2n) is 12.1. The number of amides is 1. The Morgan fingerprint density at radius 2 is 1.71 bits per heavy atom. The van der Waals surface area contributed by atoms with Crippen molar-refractivity contribution in [2.45, 2.75) is 69.8 Å². The maximum absolute atomic E-state index is 15.8. The molecular formula is C33H31F3N4O2. The van der Waals surface area contributed by atoms with Gasteiger partial charge in [-0.15, -0.1) is 0 Å². The average molecular weight is 573 g/mol. The van der Waals surface area contributed by atoms with Crippen LogP contribution in [0.1, 0.15) is 55.5 Å². The molecule has 4 aromatic rings. The monoisotopic (exact) mass is 572 g/mol. The Morgan fingerprint density at radius 3 is 2.36 bits per heavy atom. The number of nitriles is 1. The van der Waals surface area contributed by atoms with Crippen LogP contribution in [0.15, 0.2) is 54.7 Å². The summed E-state index contributed by atoms with van der Waals surface area (Å²) in [5.74, 6) is -3.11. The molecule has 2 bridgehead atoms. The Bertz CT molecular complexity index is 1750. The van der Waals surface area contributed by atoms with Crippen LogP contribution in [0.4, 0.5) is 13.2 Å². The normalized spacial score (nSPS) is 20.2. The molecule has 2 aliphatic heterocycles. The number of fused-ring (bicyclic) bond motifs is 3. The Hall–Kier alpha value is -4.13. The molecule has 2 aliphatic rings. The van der Waals surface area contributed by atoms with Gasteiger partial charge in [-0.25, -0.2) is 13.2 Å². The minimum Gasteiger partial charge on any atom is -0.389 e. The first kappa shape index (κ1) is 28.0. The van der Waals surface area contributed by atoms with Crippen molar-refractivity contribution >= 4 is 16.8 Å². The highest BCUT2D eigenvalue weighted by atomic mass is 19.2. The van der Waals surface area contributed by atoms with Gasteiger partial charge in [-0.05, 0) is 92.6 Å². The third-order valence-electron chi connectivity index (χ3n) is 8.45. The van der Waals surface area contributed by atoms with Crippen LogP contribution in [0, 0.1) is 28.8 Å². The van der Waals surface area contributed by atoms with Crippen LogP contribution >= 0.6 is 0 Å². The highest BCUT2D eigenvalue weighted by Crippen LogP contribution is 2.40. The molecule has 0 saturated carbocycles. The van der Waals surface area contributed by atoms with Gasteiger partial charge in [0.15, 0.2) is 11.6 Å². The summed E-state index contributed by atoms with van der Waals surface area (Å²) in [5.41, 5.74) is 6.14. The first-order valence-electron chi connectivity index (χ1n) is 14.1. The zero-order valence-corrected chi connectivity index (χ0v) is 23.4. The summed E-state index contributed by atoms with van der Waals surface area (Å²) in [4.78, 5) is 15.7. The highest BCUT2D eigenvalue weighted by molar-refractivity contribution is 5.99. The number of halogens is 3. The molecule has 0 aliphatic carbocycles. The predicted molar refractivity (Wildman–Crippen MR) is 154 cm³/mol. The van der Waals surface area contributed by atoms with Crippen LogP contribution in [-0.2, 0) is 6.54 Å². The fraction of sp³-hybridized carbons (Fsp3) is 0.333. The molecule has 3 N–H and O–H groups in total. The fourth-order valence-electron chi connectivity index (χ4n) is 6.67. The zero-order valence-electron chi connectivity index (χ0n) is 23.4. The van der Waals surface area contributed by atoms with E-state index in [1.165, 1.54) is 28.8 Å². The number of hydrogen-bond donors (Lipinski definition) is 2. The van der Waals surface area contributed by atoms with E-state index in [-0.39, 0.29) is 52.8 Å². The molecule has 3 atom stereocenters. The molecular weight excluding hydrogens is 541 g/mol. The Morgan fingerprint density at radius 1 is 1.00 bits per heavy atom. The highest BCUT2D eigenvalue weighted by Gasteiger charge is 2.42. The van der Waals surface area contributed by atoms with Crippen molar-refractivity contribution < 1.29 is 23.1 Å². The lowest BCUT2D eigenvalue weighted by Gasteiger charge is -2.38. The molecule has 1 aromatic heterocycles. The number of hydrogen-bond acceptors (Lipinski definition) is 4. The van der Waals surface area contributed by atoms with E-state index in [1.54, 1.807) is 50.4 Å². The lowest BCUT2D eigenvalue weighted by molar-refractivity contribution is 0.0574. The molecule has 6 nitrogen and oxygen atoms in total. The topological polar surface area (TPSA) is 95.3 Å². The number of carbonyl (C=O) groups excluding carboxylic acids is 1. The van der Waals surface area contributed by atoms with Gasteiger partial charge in [0.25, 0.3) is 5.91 Å². The number of benzene rings is 3. The van der Waals surface area contributed by atoms with E-state index in [9.17, 15) is 19.6 Å². The van der Waals surface area contributed by atoms with Gasteiger partial charge >= 0.3 is 0 Å². The Labute approximate surface area is 241 Å². The van der Waals surface area contributed by atoms with Crippen LogP contribution < -0.4 is 5.73 Å². The lowest BCUT2D eigenvalue weighted by Crippen LogP contribution is -2.50. The van der Waals surface area contributed by atoms with Gasteiger partial charge in [-0.1, -0.05) is 12.1 Å². The molecule has 1 amide bonds. The first-order valence-corrected chi connectivity index (χ1v) is 14.1. The number of carbonyl (C=O) groups is 1. The van der Waals surface area contributed by atoms with E-state index in [1.807, 2.05) is 4.90 Å². The molecule has 0 spiro atoms. The van der Waals surface area contributed by atoms with E-state index in [4.69, 9.17) is 5.73 Å². The van der Waals surface area contributed by atoms with E-state index < -0.39 is 23.1 Å². The van der Waals surface area contributed by atoms with Crippen molar-refractivity contribution in [1.82, 2.24) is 9.47 Å². The molecule has 2 saturated heterocycles. The molecule has 1 unspecified atom stereocenters. The van der Waals surface area contributed by atoms with Crippen LogP contribution in [0.2, 0.25) is 0 Å². The summed E-state index contributed by atoms with van der Waals surface area (Å²) in [6.45, 7) is 3.22. The molecule has 2 fully saturated rings. The maximum Gasteiger partial charge on any atom is 0.254 e. The van der Waals surface area contributed by atoms with E-state index in [0.717, 1.165) is 25.7 Å². The van der Waals surface area contributed by atoms with Gasteiger partial charge in [0.2, 0.25) is 0 Å². The SMILES string of the molecule is CC(C)(O)Cn1ccc2cc(-c3ccc(C(=O)N4[C@@H]5CC[C@H]4CC(N)C5)cc3-c3ccc(C#N)c(F)c3)c(F)c(F)c21. The quantitative estimate of drug-likeness (QED) is 0.301. The summed E-state index contributed by atoms with van der Waals surface area (Å²) < 4.78 is 47.7. The number of nitrogens with two attached hydrogens (primary N) is 1. The van der Waals surface area contributed by atoms with Gasteiger partial charge in [0.05, 0.1) is 23.2 Å². The van der Waals surface area contributed by atoms with Gasteiger partial charge in [0, 0.05) is 40.8 Å². The summed E-state index contributed by atoms with van der Waals surface area (Å²) in [6.07, 6.45) is 4.81. The van der Waals surface area contributed by atoms with Crippen molar-refractivity contribution in [1.29, 1.82) is 5.26 Å². The van der Waals surface area contributed by atoms with Crippen molar-refractivity contribution in [2.24, 2.45) is 5.73 Å². The van der Waals surface area contributed by atoms with E-state index in [0.29, 0.717) is 22.1 Å². The largest absolute Gasteiger partial charge is 0.389 e. The van der Waals surface area contributed by atoms with Crippen LogP contribution in [0.3, 0.4) is 0 Å². The smallest absolute Gasteiger partial charge is 0.254 e. The van der Waals surface area contributed by atoms with Gasteiger partial charge in [-0.2, -0.15) is 5.26 Å². The van der Waals surface area contributed by atoms with Crippen molar-refractivity contribution in [3.05, 3.63) is 83.3 Å². The Balaban J connectivity index is 1.50. The predicted octanol–water partition coefficient (Wildman–Crippen LogP) is 6.13. The molecule has 42 heavy (non-hydrogen) atoms. The standard InChI is InChI=1S/C33H31F3N4O2/c1-33(2,42)17-39-10-9-19-11-27(29(35)30(36)31(19)39)25-8-5-20(12-26(25)18-3-4-21(16-37)28(34)13-18)32(41)40-23-6-7-24(40)15-22(38)14-23/h3-5,8-13,22-24,42H,6-7,14-15,17,38H2,1-2H3/t22?,23-,24+. The summed E-state index contributed by atoms with van der Waals surface area (Å²) >= 11 is 0. The number of rotatable bonds is 5.